The molecular formula is C19H29F. The van der Waals surface area contributed by atoms with Gasteiger partial charge in [-0.3, -0.25) is 0 Å². The van der Waals surface area contributed by atoms with Crippen molar-refractivity contribution in [2.24, 2.45) is 11.8 Å². The van der Waals surface area contributed by atoms with Crippen LogP contribution in [0.4, 0.5) is 4.39 Å². The Kier molecular flexibility index (Phi) is 4.56. The molecule has 0 radical (unpaired) electrons. The van der Waals surface area contributed by atoms with Gasteiger partial charge in [-0.05, 0) is 53.6 Å². The maximum Gasteiger partial charge on any atom is 0.100 e. The summed E-state index contributed by atoms with van der Waals surface area (Å²) in [5.74, 6) is 1.66. The van der Waals surface area contributed by atoms with E-state index in [0.717, 1.165) is 19.3 Å². The summed E-state index contributed by atoms with van der Waals surface area (Å²) in [6.07, 6.45) is 1.95. The number of benzene rings is 1. The molecule has 4 atom stereocenters. The second-order valence-electron chi connectivity index (χ2n) is 7.71. The molecule has 1 aliphatic rings. The molecule has 0 spiro atoms. The number of alkyl halides is 1. The summed E-state index contributed by atoms with van der Waals surface area (Å²) in [7, 11) is 0. The Morgan fingerprint density at radius 1 is 1.10 bits per heavy atom. The zero-order chi connectivity index (χ0) is 14.9. The van der Waals surface area contributed by atoms with Gasteiger partial charge in [-0.1, -0.05) is 58.9 Å². The largest absolute Gasteiger partial charge is 0.247 e. The SMILES string of the molecule is C[C@@H]1CC(F)CC[C@@H]1[C@@H](C)c1ccc(C(C)(C)C)cc1. The normalized spacial score (nSPS) is 29.2. The van der Waals surface area contributed by atoms with Gasteiger partial charge in [0.2, 0.25) is 0 Å². The Morgan fingerprint density at radius 3 is 2.20 bits per heavy atom. The maximum absolute atomic E-state index is 13.5. The van der Waals surface area contributed by atoms with Gasteiger partial charge >= 0.3 is 0 Å². The first-order chi connectivity index (χ1) is 9.29. The minimum absolute atomic E-state index is 0.210. The summed E-state index contributed by atoms with van der Waals surface area (Å²) in [6.45, 7) is 11.3. The van der Waals surface area contributed by atoms with Gasteiger partial charge in [-0.2, -0.15) is 0 Å². The van der Waals surface area contributed by atoms with Gasteiger partial charge in [0, 0.05) is 0 Å². The van der Waals surface area contributed by atoms with Crippen molar-refractivity contribution >= 4 is 0 Å². The van der Waals surface area contributed by atoms with Crippen LogP contribution >= 0.6 is 0 Å². The maximum atomic E-state index is 13.5. The standard InChI is InChI=1S/C19H29F/c1-13-12-17(20)10-11-18(13)14(2)15-6-8-16(9-7-15)19(3,4)5/h6-9,13-14,17-18H,10-12H2,1-5H3/t13-,14+,17?,18+/m1/s1. The topological polar surface area (TPSA) is 0 Å². The first kappa shape index (κ1) is 15.5. The lowest BCUT2D eigenvalue weighted by Crippen LogP contribution is -2.27. The Bertz CT molecular complexity index is 426. The molecule has 1 heteroatoms. The van der Waals surface area contributed by atoms with E-state index in [-0.39, 0.29) is 5.41 Å². The van der Waals surface area contributed by atoms with Crippen LogP contribution < -0.4 is 0 Å². The molecule has 0 nitrogen and oxygen atoms in total. The zero-order valence-electron chi connectivity index (χ0n) is 13.6. The fourth-order valence-electron chi connectivity index (χ4n) is 3.63. The minimum atomic E-state index is -0.572. The van der Waals surface area contributed by atoms with Gasteiger partial charge in [-0.25, -0.2) is 4.39 Å². The second kappa shape index (κ2) is 5.87. The average Bonchev–Trinajstić information content (AvgIpc) is 2.37. The van der Waals surface area contributed by atoms with E-state index >= 15 is 0 Å². The third-order valence-electron chi connectivity index (χ3n) is 5.12. The Balaban J connectivity index is 2.11. The summed E-state index contributed by atoms with van der Waals surface area (Å²) in [4.78, 5) is 0. The van der Waals surface area contributed by atoms with Crippen molar-refractivity contribution in [1.29, 1.82) is 0 Å². The van der Waals surface area contributed by atoms with E-state index in [1.807, 2.05) is 0 Å². The summed E-state index contributed by atoms with van der Waals surface area (Å²) >= 11 is 0. The van der Waals surface area contributed by atoms with Crippen molar-refractivity contribution in [3.63, 3.8) is 0 Å². The van der Waals surface area contributed by atoms with Crippen LogP contribution in [-0.4, -0.2) is 6.17 Å². The smallest absolute Gasteiger partial charge is 0.100 e. The molecule has 1 aliphatic carbocycles. The monoisotopic (exact) mass is 276 g/mol. The molecule has 0 amide bonds. The molecule has 0 N–H and O–H groups in total. The van der Waals surface area contributed by atoms with Crippen molar-refractivity contribution in [3.05, 3.63) is 35.4 Å². The van der Waals surface area contributed by atoms with Crippen LogP contribution in [0, 0.1) is 11.8 Å². The number of hydrogen-bond acceptors (Lipinski definition) is 0. The molecular weight excluding hydrogens is 247 g/mol. The zero-order valence-corrected chi connectivity index (χ0v) is 13.6. The van der Waals surface area contributed by atoms with Crippen molar-refractivity contribution in [3.8, 4) is 0 Å². The van der Waals surface area contributed by atoms with Crippen LogP contribution in [-0.2, 0) is 5.41 Å². The molecule has 1 aromatic carbocycles. The summed E-state index contributed by atoms with van der Waals surface area (Å²) in [5.41, 5.74) is 3.00. The van der Waals surface area contributed by atoms with Crippen LogP contribution in [0.25, 0.3) is 0 Å². The fourth-order valence-corrected chi connectivity index (χ4v) is 3.63. The quantitative estimate of drug-likeness (QED) is 0.634. The third kappa shape index (κ3) is 3.42. The third-order valence-corrected chi connectivity index (χ3v) is 5.12. The lowest BCUT2D eigenvalue weighted by atomic mass is 9.71. The highest BCUT2D eigenvalue weighted by Crippen LogP contribution is 2.40. The molecule has 112 valence electrons. The second-order valence-corrected chi connectivity index (χ2v) is 7.71. The molecule has 20 heavy (non-hydrogen) atoms. The van der Waals surface area contributed by atoms with Crippen LogP contribution in [0.15, 0.2) is 24.3 Å². The molecule has 2 rings (SSSR count). The minimum Gasteiger partial charge on any atom is -0.247 e. The predicted molar refractivity (Wildman–Crippen MR) is 85.0 cm³/mol. The first-order valence-corrected chi connectivity index (χ1v) is 8.03. The lowest BCUT2D eigenvalue weighted by Gasteiger charge is -2.35. The Hall–Kier alpha value is -0.850. The molecule has 1 unspecified atom stereocenters. The van der Waals surface area contributed by atoms with Gasteiger partial charge in [0.05, 0.1) is 0 Å². The number of hydrogen-bond donors (Lipinski definition) is 0. The van der Waals surface area contributed by atoms with Crippen LogP contribution in [0.3, 0.4) is 0 Å². The highest BCUT2D eigenvalue weighted by molar-refractivity contribution is 5.29. The van der Waals surface area contributed by atoms with Crippen molar-refractivity contribution in [2.75, 3.05) is 0 Å². The van der Waals surface area contributed by atoms with E-state index in [9.17, 15) is 4.39 Å². The summed E-state index contributed by atoms with van der Waals surface area (Å²) in [6, 6.07) is 9.08. The van der Waals surface area contributed by atoms with Crippen LogP contribution in [0.2, 0.25) is 0 Å². The van der Waals surface area contributed by atoms with E-state index in [2.05, 4.69) is 58.9 Å². The van der Waals surface area contributed by atoms with Crippen molar-refractivity contribution < 1.29 is 4.39 Å². The van der Waals surface area contributed by atoms with E-state index in [0.29, 0.717) is 17.8 Å². The lowest BCUT2D eigenvalue weighted by molar-refractivity contribution is 0.136. The summed E-state index contributed by atoms with van der Waals surface area (Å²) < 4.78 is 13.5. The summed E-state index contributed by atoms with van der Waals surface area (Å²) in [5, 5.41) is 0. The first-order valence-electron chi connectivity index (χ1n) is 8.03. The van der Waals surface area contributed by atoms with Gasteiger partial charge in [0.25, 0.3) is 0 Å². The van der Waals surface area contributed by atoms with Crippen molar-refractivity contribution in [2.45, 2.75) is 71.4 Å². The van der Waals surface area contributed by atoms with Crippen LogP contribution in [0.5, 0.6) is 0 Å². The average molecular weight is 276 g/mol. The van der Waals surface area contributed by atoms with Crippen LogP contribution in [0.1, 0.15) is 70.9 Å². The fraction of sp³-hybridized carbons (Fsp3) is 0.684. The Labute approximate surface area is 123 Å². The molecule has 0 aromatic heterocycles. The van der Waals surface area contributed by atoms with E-state index in [1.54, 1.807) is 0 Å². The van der Waals surface area contributed by atoms with Gasteiger partial charge in [0.1, 0.15) is 6.17 Å². The highest BCUT2D eigenvalue weighted by atomic mass is 19.1. The van der Waals surface area contributed by atoms with Gasteiger partial charge in [-0.15, -0.1) is 0 Å². The predicted octanol–water partition coefficient (Wildman–Crippen LogP) is 5.86. The molecule has 1 fully saturated rings. The Morgan fingerprint density at radius 2 is 1.70 bits per heavy atom. The van der Waals surface area contributed by atoms with E-state index in [1.165, 1.54) is 11.1 Å². The molecule has 0 heterocycles. The van der Waals surface area contributed by atoms with E-state index in [4.69, 9.17) is 0 Å². The van der Waals surface area contributed by atoms with E-state index < -0.39 is 6.17 Å². The van der Waals surface area contributed by atoms with Gasteiger partial charge in [0.15, 0.2) is 0 Å². The number of rotatable bonds is 2. The molecule has 1 aromatic rings. The molecule has 0 aliphatic heterocycles. The van der Waals surface area contributed by atoms with Crippen molar-refractivity contribution in [1.82, 2.24) is 0 Å². The highest BCUT2D eigenvalue weighted by Gasteiger charge is 2.31. The molecule has 0 bridgehead atoms. The molecule has 1 saturated carbocycles. The number of halogens is 1. The van der Waals surface area contributed by atoms with Gasteiger partial charge < -0.3 is 0 Å². The molecule has 0 saturated heterocycles.